The van der Waals surface area contributed by atoms with Crippen molar-refractivity contribution in [2.24, 2.45) is 0 Å². The zero-order valence-corrected chi connectivity index (χ0v) is 20.3. The highest BCUT2D eigenvalue weighted by atomic mass is 31.3. The van der Waals surface area contributed by atoms with Crippen LogP contribution in [0.4, 0.5) is 0 Å². The van der Waals surface area contributed by atoms with Gasteiger partial charge >= 0.3 is 21.3 Å². The summed E-state index contributed by atoms with van der Waals surface area (Å²) in [7, 11) is -10.9. The fourth-order valence-electron chi connectivity index (χ4n) is 3.46. The Bertz CT molecular complexity index is 1140. The second-order valence-electron chi connectivity index (χ2n) is 8.03. The summed E-state index contributed by atoms with van der Waals surface area (Å²) in [5.41, 5.74) is -1.27. The van der Waals surface area contributed by atoms with Crippen LogP contribution in [0.2, 0.25) is 0 Å². The van der Waals surface area contributed by atoms with Gasteiger partial charge in [-0.25, -0.2) is 13.9 Å². The summed E-state index contributed by atoms with van der Waals surface area (Å²) in [6.07, 6.45) is -12.2. The molecule has 0 radical (unpaired) electrons. The van der Waals surface area contributed by atoms with Gasteiger partial charge in [-0.15, -0.1) is 0 Å². The third-order valence-electron chi connectivity index (χ3n) is 5.35. The lowest BCUT2D eigenvalue weighted by Gasteiger charge is -2.39. The van der Waals surface area contributed by atoms with Gasteiger partial charge in [0.25, 0.3) is 5.56 Å². The molecule has 0 spiro atoms. The minimum atomic E-state index is -5.54. The number of H-pyrrole nitrogens is 1. The van der Waals surface area contributed by atoms with E-state index in [0.29, 0.717) is 0 Å². The number of aliphatic hydroxyl groups is 5. The predicted octanol–water partition coefficient (Wildman–Crippen LogP) is -3.46. The maximum Gasteiger partial charge on any atom is 0.483 e. The minimum Gasteiger partial charge on any atom is -0.394 e. The number of nitrogens with one attached hydrogen (secondary N) is 1. The van der Waals surface area contributed by atoms with Crippen LogP contribution in [-0.4, -0.2) is 101 Å². The van der Waals surface area contributed by atoms with E-state index in [1.54, 1.807) is 0 Å². The average Bonchev–Trinajstić information content (AvgIpc) is 3.14. The zero-order valence-electron chi connectivity index (χ0n) is 18.5. The smallest absolute Gasteiger partial charge is 0.394 e. The van der Waals surface area contributed by atoms with Crippen molar-refractivity contribution in [3.8, 4) is 0 Å². The van der Waals surface area contributed by atoms with Crippen LogP contribution in [0.25, 0.3) is 0 Å². The first kappa shape index (κ1) is 29.2. The number of aliphatic hydroxyl groups excluding tert-OH is 5. The summed E-state index contributed by atoms with van der Waals surface area (Å²) in [6.45, 7) is -0.305. The molecule has 2 aliphatic rings. The molecule has 10 atom stereocenters. The Balaban J connectivity index is 1.59. The molecule has 3 rings (SSSR count). The van der Waals surface area contributed by atoms with Gasteiger partial charge in [0.2, 0.25) is 0 Å². The van der Waals surface area contributed by atoms with Gasteiger partial charge in [-0.05, 0) is 6.92 Å². The summed E-state index contributed by atoms with van der Waals surface area (Å²) in [6, 6.07) is 0. The molecule has 206 valence electrons. The van der Waals surface area contributed by atoms with E-state index in [2.05, 4.69) is 18.3 Å². The maximum absolute atomic E-state index is 12.2. The Morgan fingerprint density at radius 3 is 2.36 bits per heavy atom. The minimum absolute atomic E-state index is 0.172. The number of phosphoric ester groups is 2. The van der Waals surface area contributed by atoms with Crippen LogP contribution in [0.1, 0.15) is 18.2 Å². The lowest BCUT2D eigenvalue weighted by molar-refractivity contribution is -0.280. The quantitative estimate of drug-likeness (QED) is 0.135. The van der Waals surface area contributed by atoms with Crippen LogP contribution in [0.15, 0.2) is 15.8 Å². The van der Waals surface area contributed by atoms with E-state index in [-0.39, 0.29) is 12.0 Å². The van der Waals surface area contributed by atoms with Crippen molar-refractivity contribution < 1.29 is 67.3 Å². The molecule has 8 N–H and O–H groups in total. The van der Waals surface area contributed by atoms with Crippen LogP contribution in [0.5, 0.6) is 0 Å². The first-order valence-corrected chi connectivity index (χ1v) is 13.3. The number of aromatic nitrogens is 2. The molecule has 3 heterocycles. The second-order valence-corrected chi connectivity index (χ2v) is 11.0. The van der Waals surface area contributed by atoms with E-state index >= 15 is 0 Å². The monoisotopic (exact) mass is 564 g/mol. The molecular weight excluding hydrogens is 538 g/mol. The average molecular weight is 564 g/mol. The fourth-order valence-corrected chi connectivity index (χ4v) is 5.62. The van der Waals surface area contributed by atoms with E-state index in [1.165, 1.54) is 13.1 Å². The summed E-state index contributed by atoms with van der Waals surface area (Å²) >= 11 is 0. The molecule has 1 aromatic heterocycles. The molecule has 0 saturated carbocycles. The molecule has 6 unspecified atom stereocenters. The highest BCUT2D eigenvalue weighted by Gasteiger charge is 2.48. The third-order valence-corrected chi connectivity index (χ3v) is 7.95. The highest BCUT2D eigenvalue weighted by molar-refractivity contribution is 7.61. The van der Waals surface area contributed by atoms with Gasteiger partial charge < -0.3 is 44.8 Å². The van der Waals surface area contributed by atoms with E-state index in [0.717, 1.165) is 4.57 Å². The Morgan fingerprint density at radius 2 is 1.72 bits per heavy atom. The number of rotatable bonds is 9. The van der Waals surface area contributed by atoms with Gasteiger partial charge in [0.05, 0.1) is 19.3 Å². The molecule has 2 aliphatic heterocycles. The number of ether oxygens (including phenoxy) is 2. The predicted molar refractivity (Wildman–Crippen MR) is 112 cm³/mol. The van der Waals surface area contributed by atoms with Crippen LogP contribution in [0, 0.1) is 6.92 Å². The third kappa shape index (κ3) is 6.75. The zero-order chi connectivity index (χ0) is 27.0. The highest BCUT2D eigenvalue weighted by Crippen LogP contribution is 2.61. The van der Waals surface area contributed by atoms with Crippen molar-refractivity contribution in [1.82, 2.24) is 9.55 Å². The Kier molecular flexibility index (Phi) is 9.08. The van der Waals surface area contributed by atoms with E-state index in [1.807, 2.05) is 0 Å². The van der Waals surface area contributed by atoms with Crippen molar-refractivity contribution in [3.63, 3.8) is 0 Å². The molecular formula is C16H26N2O16P2. The maximum atomic E-state index is 12.2. The summed E-state index contributed by atoms with van der Waals surface area (Å²) in [5.74, 6) is 0. The summed E-state index contributed by atoms with van der Waals surface area (Å²) < 4.78 is 48.8. The van der Waals surface area contributed by atoms with Gasteiger partial charge in [-0.2, -0.15) is 4.31 Å². The molecule has 0 aliphatic carbocycles. The van der Waals surface area contributed by atoms with Gasteiger partial charge in [0.1, 0.15) is 36.7 Å². The summed E-state index contributed by atoms with van der Waals surface area (Å²) in [4.78, 5) is 45.2. The van der Waals surface area contributed by atoms with E-state index < -0.39 is 89.2 Å². The molecule has 2 fully saturated rings. The Labute approximate surface area is 201 Å². The number of nitrogens with zero attached hydrogens (tertiary/aromatic N) is 1. The first-order chi connectivity index (χ1) is 16.6. The molecule has 0 amide bonds. The normalized spacial score (nSPS) is 36.3. The lowest BCUT2D eigenvalue weighted by atomic mass is 10.00. The van der Waals surface area contributed by atoms with Gasteiger partial charge in [0.15, 0.2) is 6.29 Å². The van der Waals surface area contributed by atoms with Crippen LogP contribution >= 0.6 is 15.6 Å². The standard InChI is InChI=1S/C16H26N2O16P2/c1-6-3-18(16(25)17-14(6)24)10-2-7(20)9(31-10)5-30-35(26,27)34-36(28,29)33-15-13(23)12(22)11(21)8(4-19)32-15/h3,7-13,15,19-23H,2,4-5H2,1H3,(H,26,27)(H,28,29)(H,17,24,25)/t7?,8?,9-,10-,11-,12?,13?,15+/m1/s1. The van der Waals surface area contributed by atoms with Gasteiger partial charge in [-0.1, -0.05) is 0 Å². The number of phosphoric acid groups is 2. The lowest BCUT2D eigenvalue weighted by Crippen LogP contribution is -2.58. The topological polar surface area (TPSA) is 277 Å². The Hall–Kier alpha value is -1.34. The van der Waals surface area contributed by atoms with E-state index in [4.69, 9.17) is 14.6 Å². The molecule has 20 heteroatoms. The van der Waals surface area contributed by atoms with Crippen LogP contribution in [0.3, 0.4) is 0 Å². The SMILES string of the molecule is Cc1cn([C@H]2CC(O)[C@@H](COP(=O)(O)OP(=O)(O)O[C@@H]3OC(CO)[C@@H](O)C(O)C3O)O2)c(=O)[nH]c1=O. The second kappa shape index (κ2) is 11.2. The molecule has 0 aromatic carbocycles. The van der Waals surface area contributed by atoms with Gasteiger partial charge in [-0.3, -0.25) is 23.4 Å². The molecule has 18 nitrogen and oxygen atoms in total. The van der Waals surface area contributed by atoms with Gasteiger partial charge in [0, 0.05) is 18.2 Å². The van der Waals surface area contributed by atoms with Crippen molar-refractivity contribution in [2.75, 3.05) is 13.2 Å². The number of aromatic amines is 1. The molecule has 0 bridgehead atoms. The first-order valence-electron chi connectivity index (χ1n) is 10.3. The van der Waals surface area contributed by atoms with Crippen LogP contribution in [-0.2, 0) is 32.0 Å². The largest absolute Gasteiger partial charge is 0.483 e. The van der Waals surface area contributed by atoms with Crippen LogP contribution < -0.4 is 11.2 Å². The summed E-state index contributed by atoms with van der Waals surface area (Å²) in [5, 5.41) is 48.5. The Morgan fingerprint density at radius 1 is 1.06 bits per heavy atom. The van der Waals surface area contributed by atoms with E-state index in [9.17, 15) is 48.9 Å². The number of hydrogen-bond acceptors (Lipinski definition) is 14. The van der Waals surface area contributed by atoms with Crippen molar-refractivity contribution in [2.45, 2.75) is 62.5 Å². The van der Waals surface area contributed by atoms with Crippen molar-refractivity contribution >= 4 is 15.6 Å². The fraction of sp³-hybridized carbons (Fsp3) is 0.750. The number of hydrogen-bond donors (Lipinski definition) is 8. The molecule has 36 heavy (non-hydrogen) atoms. The molecule has 1 aromatic rings. The molecule has 2 saturated heterocycles. The van der Waals surface area contributed by atoms with Crippen molar-refractivity contribution in [1.29, 1.82) is 0 Å². The number of aryl methyl sites for hydroxylation is 1. The van der Waals surface area contributed by atoms with Crippen molar-refractivity contribution in [3.05, 3.63) is 32.6 Å².